The Labute approximate surface area is 149 Å². The van der Waals surface area contributed by atoms with Gasteiger partial charge in [0, 0.05) is 31.5 Å². The third-order valence-electron chi connectivity index (χ3n) is 4.61. The monoisotopic (exact) mass is 360 g/mol. The predicted molar refractivity (Wildman–Crippen MR) is 101 cm³/mol. The summed E-state index contributed by atoms with van der Waals surface area (Å²) in [7, 11) is -1.07. The minimum absolute atomic E-state index is 0.0608. The molecule has 1 saturated heterocycles. The maximum Gasteiger partial charge on any atom is 0.227 e. The standard InChI is InChI=1S/C18H24N4O2S/c1-4-22(15-7-5-6-14(2)12-15)17-8-10-19-18(20-17)21(3)16-9-11-25(23,24)13-16/h5-8,10,12,16H,4,9,11,13H2,1-3H3. The van der Waals surface area contributed by atoms with E-state index in [1.807, 2.05) is 24.1 Å². The first-order valence-electron chi connectivity index (χ1n) is 8.50. The van der Waals surface area contributed by atoms with Gasteiger partial charge in [0.1, 0.15) is 5.82 Å². The molecule has 2 heterocycles. The van der Waals surface area contributed by atoms with Crippen molar-refractivity contribution in [1.82, 2.24) is 9.97 Å². The molecule has 0 N–H and O–H groups in total. The average molecular weight is 360 g/mol. The molecule has 0 saturated carbocycles. The van der Waals surface area contributed by atoms with Gasteiger partial charge in [-0.25, -0.2) is 13.4 Å². The van der Waals surface area contributed by atoms with E-state index in [-0.39, 0.29) is 17.5 Å². The van der Waals surface area contributed by atoms with Crippen molar-refractivity contribution in [2.45, 2.75) is 26.3 Å². The van der Waals surface area contributed by atoms with Crippen molar-refractivity contribution in [3.8, 4) is 0 Å². The Morgan fingerprint density at radius 2 is 2.08 bits per heavy atom. The summed E-state index contributed by atoms with van der Waals surface area (Å²) in [5.41, 5.74) is 2.27. The number of nitrogens with zero attached hydrogens (tertiary/aromatic N) is 4. The van der Waals surface area contributed by atoms with Gasteiger partial charge in [0.15, 0.2) is 9.84 Å². The summed E-state index contributed by atoms with van der Waals surface area (Å²) < 4.78 is 23.5. The highest BCUT2D eigenvalue weighted by molar-refractivity contribution is 7.91. The van der Waals surface area contributed by atoms with E-state index < -0.39 is 9.84 Å². The predicted octanol–water partition coefficient (Wildman–Crippen LogP) is 2.57. The lowest BCUT2D eigenvalue weighted by molar-refractivity contribution is 0.600. The van der Waals surface area contributed by atoms with Crippen LogP contribution in [0.2, 0.25) is 0 Å². The molecule has 0 radical (unpaired) electrons. The van der Waals surface area contributed by atoms with E-state index in [4.69, 9.17) is 0 Å². The molecule has 3 rings (SSSR count). The van der Waals surface area contributed by atoms with Crippen LogP contribution in [0, 0.1) is 6.92 Å². The van der Waals surface area contributed by atoms with Gasteiger partial charge in [0.05, 0.1) is 11.5 Å². The fourth-order valence-corrected chi connectivity index (χ4v) is 4.95. The smallest absolute Gasteiger partial charge is 0.227 e. The summed E-state index contributed by atoms with van der Waals surface area (Å²) in [6.07, 6.45) is 2.36. The normalized spacial score (nSPS) is 18.9. The zero-order valence-corrected chi connectivity index (χ0v) is 15.7. The van der Waals surface area contributed by atoms with Crippen LogP contribution in [-0.4, -0.2) is 49.5 Å². The van der Waals surface area contributed by atoms with Gasteiger partial charge in [-0.1, -0.05) is 12.1 Å². The number of rotatable bonds is 5. The Kier molecular flexibility index (Phi) is 4.94. The average Bonchev–Trinajstić information content (AvgIpc) is 2.95. The molecule has 6 nitrogen and oxygen atoms in total. The first kappa shape index (κ1) is 17.7. The quantitative estimate of drug-likeness (QED) is 0.816. The third-order valence-corrected chi connectivity index (χ3v) is 6.36. The molecule has 25 heavy (non-hydrogen) atoms. The van der Waals surface area contributed by atoms with Gasteiger partial charge in [-0.15, -0.1) is 0 Å². The van der Waals surface area contributed by atoms with E-state index in [9.17, 15) is 8.42 Å². The van der Waals surface area contributed by atoms with Crippen molar-refractivity contribution < 1.29 is 8.42 Å². The number of anilines is 3. The highest BCUT2D eigenvalue weighted by atomic mass is 32.2. The summed E-state index contributed by atoms with van der Waals surface area (Å²) in [6, 6.07) is 10.1. The Balaban J connectivity index is 1.87. The second-order valence-corrected chi connectivity index (χ2v) is 8.69. The van der Waals surface area contributed by atoms with Gasteiger partial charge in [-0.3, -0.25) is 0 Å². The number of hydrogen-bond acceptors (Lipinski definition) is 6. The van der Waals surface area contributed by atoms with Crippen molar-refractivity contribution >= 4 is 27.3 Å². The highest BCUT2D eigenvalue weighted by Crippen LogP contribution is 2.26. The van der Waals surface area contributed by atoms with E-state index >= 15 is 0 Å². The van der Waals surface area contributed by atoms with Crippen molar-refractivity contribution in [2.75, 3.05) is 34.9 Å². The molecular weight excluding hydrogens is 336 g/mol. The van der Waals surface area contributed by atoms with Gasteiger partial charge < -0.3 is 9.80 Å². The maximum atomic E-state index is 11.7. The summed E-state index contributed by atoms with van der Waals surface area (Å²) in [4.78, 5) is 13.1. The summed E-state index contributed by atoms with van der Waals surface area (Å²) >= 11 is 0. The van der Waals surface area contributed by atoms with Crippen LogP contribution in [-0.2, 0) is 9.84 Å². The SMILES string of the molecule is CCN(c1cccc(C)c1)c1ccnc(N(C)C2CCS(=O)(=O)C2)n1. The van der Waals surface area contributed by atoms with Crippen molar-refractivity contribution in [1.29, 1.82) is 0 Å². The Hall–Kier alpha value is -2.15. The molecule has 1 aliphatic rings. The number of sulfone groups is 1. The highest BCUT2D eigenvalue weighted by Gasteiger charge is 2.31. The lowest BCUT2D eigenvalue weighted by Gasteiger charge is -2.26. The molecule has 7 heteroatoms. The number of hydrogen-bond donors (Lipinski definition) is 0. The fourth-order valence-electron chi connectivity index (χ4n) is 3.18. The van der Waals surface area contributed by atoms with Crippen LogP contribution < -0.4 is 9.80 Å². The molecule has 1 atom stereocenters. The topological polar surface area (TPSA) is 66.4 Å². The van der Waals surface area contributed by atoms with Gasteiger partial charge in [0.2, 0.25) is 5.95 Å². The van der Waals surface area contributed by atoms with E-state index in [0.717, 1.165) is 18.1 Å². The Bertz CT molecular complexity index is 854. The zero-order chi connectivity index (χ0) is 18.0. The van der Waals surface area contributed by atoms with Crippen LogP contribution in [0.4, 0.5) is 17.5 Å². The largest absolute Gasteiger partial charge is 0.340 e. The van der Waals surface area contributed by atoms with Gasteiger partial charge in [0.25, 0.3) is 0 Å². The number of aromatic nitrogens is 2. The maximum absolute atomic E-state index is 11.7. The van der Waals surface area contributed by atoms with Crippen LogP contribution in [0.25, 0.3) is 0 Å². The van der Waals surface area contributed by atoms with E-state index in [0.29, 0.717) is 12.4 Å². The van der Waals surface area contributed by atoms with Crippen molar-refractivity contribution in [2.24, 2.45) is 0 Å². The summed E-state index contributed by atoms with van der Waals surface area (Å²) in [6.45, 7) is 4.93. The zero-order valence-electron chi connectivity index (χ0n) is 14.9. The molecule has 0 aliphatic carbocycles. The van der Waals surface area contributed by atoms with Crippen LogP contribution >= 0.6 is 0 Å². The van der Waals surface area contributed by atoms with E-state index in [2.05, 4.69) is 46.9 Å². The molecule has 0 amide bonds. The fraction of sp³-hybridized carbons (Fsp3) is 0.444. The van der Waals surface area contributed by atoms with E-state index in [1.54, 1.807) is 6.20 Å². The molecule has 1 fully saturated rings. The number of benzene rings is 1. The van der Waals surface area contributed by atoms with Gasteiger partial charge >= 0.3 is 0 Å². The molecule has 1 aromatic heterocycles. The third kappa shape index (κ3) is 3.92. The minimum atomic E-state index is -2.93. The molecular formula is C18H24N4O2S. The minimum Gasteiger partial charge on any atom is -0.340 e. The van der Waals surface area contributed by atoms with Crippen LogP contribution in [0.15, 0.2) is 36.5 Å². The Morgan fingerprint density at radius 1 is 1.28 bits per heavy atom. The molecule has 2 aromatic rings. The second kappa shape index (κ2) is 7.00. The molecule has 1 aromatic carbocycles. The molecule has 1 unspecified atom stereocenters. The van der Waals surface area contributed by atoms with Crippen molar-refractivity contribution in [3.63, 3.8) is 0 Å². The second-order valence-electron chi connectivity index (χ2n) is 6.47. The number of aryl methyl sites for hydroxylation is 1. The van der Waals surface area contributed by atoms with E-state index in [1.165, 1.54) is 5.56 Å². The molecule has 134 valence electrons. The lowest BCUT2D eigenvalue weighted by Crippen LogP contribution is -2.34. The first-order chi connectivity index (χ1) is 11.9. The molecule has 1 aliphatic heterocycles. The van der Waals surface area contributed by atoms with Crippen LogP contribution in [0.5, 0.6) is 0 Å². The lowest BCUT2D eigenvalue weighted by atomic mass is 10.2. The van der Waals surface area contributed by atoms with Crippen LogP contribution in [0.1, 0.15) is 18.9 Å². The summed E-state index contributed by atoms with van der Waals surface area (Å²) in [5, 5.41) is 0. The van der Waals surface area contributed by atoms with Gasteiger partial charge in [-0.2, -0.15) is 4.98 Å². The first-order valence-corrected chi connectivity index (χ1v) is 10.3. The van der Waals surface area contributed by atoms with Crippen molar-refractivity contribution in [3.05, 3.63) is 42.1 Å². The molecule has 0 bridgehead atoms. The molecule has 0 spiro atoms. The Morgan fingerprint density at radius 3 is 2.72 bits per heavy atom. The van der Waals surface area contributed by atoms with Crippen LogP contribution in [0.3, 0.4) is 0 Å². The summed E-state index contributed by atoms with van der Waals surface area (Å²) in [5.74, 6) is 1.79. The van der Waals surface area contributed by atoms with Gasteiger partial charge in [-0.05, 0) is 44.0 Å².